The number of hydrogen-bond acceptors (Lipinski definition) is 7. The molecule has 3 rings (SSSR count). The van der Waals surface area contributed by atoms with Gasteiger partial charge in [0, 0.05) is 5.70 Å². The Kier molecular flexibility index (Phi) is 6.15. The zero-order valence-corrected chi connectivity index (χ0v) is 16.6. The number of aliphatic hydroxyl groups excluding tert-OH is 1. The van der Waals surface area contributed by atoms with E-state index >= 15 is 0 Å². The first-order chi connectivity index (χ1) is 12.9. The number of aliphatic hydroxyl groups is 1. The minimum Gasteiger partial charge on any atom is -0.483 e. The highest BCUT2D eigenvalue weighted by atomic mass is 16.8. The summed E-state index contributed by atoms with van der Waals surface area (Å²) in [5, 5.41) is 13.1. The lowest BCUT2D eigenvalue weighted by molar-refractivity contribution is -0.186. The molecular weight excluding hydrogens is 348 g/mol. The number of unbranched alkanes of at least 4 members (excludes halogenated alkanes) is 1. The normalized spacial score (nSPS) is 35.3. The Morgan fingerprint density at radius 3 is 2.74 bits per heavy atom. The topological polar surface area (TPSA) is 95.2 Å². The van der Waals surface area contributed by atoms with Crippen LogP contribution in [0.25, 0.3) is 0 Å². The monoisotopic (exact) mass is 380 g/mol. The predicted octanol–water partition coefficient (Wildman–Crippen LogP) is 1.68. The van der Waals surface area contributed by atoms with Gasteiger partial charge >= 0.3 is 0 Å². The molecule has 7 nitrogen and oxygen atoms in total. The van der Waals surface area contributed by atoms with Gasteiger partial charge in [0.05, 0.1) is 19.8 Å². The van der Waals surface area contributed by atoms with Gasteiger partial charge in [-0.25, -0.2) is 0 Å². The van der Waals surface area contributed by atoms with E-state index in [1.165, 1.54) is 0 Å². The molecule has 0 bridgehead atoms. The van der Waals surface area contributed by atoms with Gasteiger partial charge in [-0.05, 0) is 44.4 Å². The van der Waals surface area contributed by atoms with Crippen LogP contribution in [0.5, 0.6) is 0 Å². The Hall–Kier alpha value is -1.54. The fourth-order valence-corrected chi connectivity index (χ4v) is 3.87. The number of rotatable bonds is 7. The second kappa shape index (κ2) is 8.22. The van der Waals surface area contributed by atoms with Gasteiger partial charge in [0.25, 0.3) is 0 Å². The van der Waals surface area contributed by atoms with E-state index in [0.717, 1.165) is 30.5 Å². The van der Waals surface area contributed by atoms with Crippen LogP contribution in [0.3, 0.4) is 0 Å². The molecule has 0 aliphatic carbocycles. The average molecular weight is 380 g/mol. The van der Waals surface area contributed by atoms with E-state index in [4.69, 9.17) is 24.7 Å². The zero-order valence-electron chi connectivity index (χ0n) is 16.6. The molecule has 0 spiro atoms. The second-order valence-electron chi connectivity index (χ2n) is 7.71. The lowest BCUT2D eigenvalue weighted by Crippen LogP contribution is -2.41. The molecule has 7 heteroatoms. The number of dihydropyridines is 1. The molecule has 0 aromatic carbocycles. The summed E-state index contributed by atoms with van der Waals surface area (Å²) in [5.74, 6) is -0.0348. The van der Waals surface area contributed by atoms with Gasteiger partial charge in [-0.1, -0.05) is 19.4 Å². The van der Waals surface area contributed by atoms with Crippen molar-refractivity contribution in [3.63, 3.8) is 0 Å². The van der Waals surface area contributed by atoms with Crippen LogP contribution < -0.4 is 11.1 Å². The minimum atomic E-state index is -0.702. The quantitative estimate of drug-likeness (QED) is 0.618. The van der Waals surface area contributed by atoms with E-state index in [1.54, 1.807) is 7.11 Å². The Labute approximate surface area is 161 Å². The Morgan fingerprint density at radius 2 is 2.07 bits per heavy atom. The van der Waals surface area contributed by atoms with Crippen molar-refractivity contribution in [3.8, 4) is 0 Å². The van der Waals surface area contributed by atoms with Crippen molar-refractivity contribution >= 4 is 0 Å². The largest absolute Gasteiger partial charge is 0.483 e. The van der Waals surface area contributed by atoms with Gasteiger partial charge in [-0.15, -0.1) is 0 Å². The molecule has 4 N–H and O–H groups in total. The predicted molar refractivity (Wildman–Crippen MR) is 101 cm³/mol. The summed E-state index contributed by atoms with van der Waals surface area (Å²) < 4.78 is 23.6. The standard InChI is InChI=1S/C20H32N2O5/c1-5-6-7-12(21)10-14-13(8-9-16(22-14)24-4)17-19-18(15(11-23)25-17)26-20(2,3)27-19/h8-10,14-15,17-19,22-23H,5-7,11,21H2,1-4H3/b12-10-/t14?,15-,17+,18+,19-/m1/s1. The maximum Gasteiger partial charge on any atom is 0.187 e. The highest BCUT2D eigenvalue weighted by molar-refractivity contribution is 5.35. The number of fused-ring (bicyclic) bond motifs is 1. The van der Waals surface area contributed by atoms with Crippen molar-refractivity contribution < 1.29 is 24.1 Å². The number of methoxy groups -OCH3 is 1. The molecule has 27 heavy (non-hydrogen) atoms. The summed E-state index contributed by atoms with van der Waals surface area (Å²) in [5.41, 5.74) is 8.06. The smallest absolute Gasteiger partial charge is 0.187 e. The fraction of sp³-hybridized carbons (Fsp3) is 0.700. The van der Waals surface area contributed by atoms with Gasteiger partial charge in [0.1, 0.15) is 24.4 Å². The molecule has 0 aromatic rings. The van der Waals surface area contributed by atoms with Crippen LogP contribution in [0.15, 0.2) is 35.4 Å². The molecule has 3 aliphatic rings. The molecule has 0 radical (unpaired) electrons. The third-order valence-corrected chi connectivity index (χ3v) is 5.16. The summed E-state index contributed by atoms with van der Waals surface area (Å²) in [6.45, 7) is 5.79. The van der Waals surface area contributed by atoms with E-state index in [1.807, 2.05) is 32.1 Å². The van der Waals surface area contributed by atoms with Crippen LogP contribution in [-0.2, 0) is 18.9 Å². The van der Waals surface area contributed by atoms with Gasteiger partial charge in [0.15, 0.2) is 11.7 Å². The second-order valence-corrected chi connectivity index (χ2v) is 7.71. The van der Waals surface area contributed by atoms with Crippen molar-refractivity contribution in [1.82, 2.24) is 5.32 Å². The highest BCUT2D eigenvalue weighted by Crippen LogP contribution is 2.42. The van der Waals surface area contributed by atoms with Crippen molar-refractivity contribution in [2.75, 3.05) is 13.7 Å². The van der Waals surface area contributed by atoms with Crippen molar-refractivity contribution in [1.29, 1.82) is 0 Å². The number of nitrogens with two attached hydrogens (primary N) is 1. The third kappa shape index (κ3) is 4.32. The number of nitrogens with one attached hydrogen (secondary N) is 1. The summed E-state index contributed by atoms with van der Waals surface area (Å²) in [6, 6.07) is -0.169. The molecule has 3 aliphatic heterocycles. The molecular formula is C20H32N2O5. The first-order valence-corrected chi connectivity index (χ1v) is 9.69. The van der Waals surface area contributed by atoms with Crippen LogP contribution in [0.1, 0.15) is 40.0 Å². The molecule has 0 amide bonds. The molecule has 0 aromatic heterocycles. The molecule has 5 atom stereocenters. The van der Waals surface area contributed by atoms with Crippen LogP contribution in [-0.4, -0.2) is 55.1 Å². The van der Waals surface area contributed by atoms with Crippen molar-refractivity contribution in [3.05, 3.63) is 35.4 Å². The fourth-order valence-electron chi connectivity index (χ4n) is 3.87. The molecule has 2 saturated heterocycles. The summed E-state index contributed by atoms with van der Waals surface area (Å²) >= 11 is 0. The molecule has 2 fully saturated rings. The van der Waals surface area contributed by atoms with E-state index in [-0.39, 0.29) is 31.0 Å². The summed E-state index contributed by atoms with van der Waals surface area (Å²) in [4.78, 5) is 0. The molecule has 1 unspecified atom stereocenters. The zero-order chi connectivity index (χ0) is 19.6. The van der Waals surface area contributed by atoms with Crippen molar-refractivity contribution in [2.24, 2.45) is 5.73 Å². The maximum absolute atomic E-state index is 9.73. The first kappa shape index (κ1) is 20.2. The van der Waals surface area contributed by atoms with Crippen LogP contribution >= 0.6 is 0 Å². The number of ether oxygens (including phenoxy) is 4. The van der Waals surface area contributed by atoms with E-state index < -0.39 is 11.9 Å². The van der Waals surface area contributed by atoms with E-state index in [9.17, 15) is 5.11 Å². The highest BCUT2D eigenvalue weighted by Gasteiger charge is 2.56. The third-order valence-electron chi connectivity index (χ3n) is 5.16. The van der Waals surface area contributed by atoms with Gasteiger partial charge < -0.3 is 35.1 Å². The summed E-state index contributed by atoms with van der Waals surface area (Å²) in [6.07, 6.45) is 7.51. The van der Waals surface area contributed by atoms with Gasteiger partial charge in [0.2, 0.25) is 0 Å². The lowest BCUT2D eigenvalue weighted by atomic mass is 9.93. The van der Waals surface area contributed by atoms with E-state index in [0.29, 0.717) is 5.88 Å². The summed E-state index contributed by atoms with van der Waals surface area (Å²) in [7, 11) is 1.62. The van der Waals surface area contributed by atoms with E-state index in [2.05, 4.69) is 12.2 Å². The SMILES string of the molecule is CCCC/C(N)=C/C1NC(OC)=CC=C1[C@@H]1O[C@H](CO)[C@@H]2OC(C)(C)O[C@@H]21. The average Bonchev–Trinajstić information content (AvgIpc) is 3.12. The van der Waals surface area contributed by atoms with Gasteiger partial charge in [-0.2, -0.15) is 0 Å². The van der Waals surface area contributed by atoms with Crippen molar-refractivity contribution in [2.45, 2.75) is 76.3 Å². The first-order valence-electron chi connectivity index (χ1n) is 9.69. The van der Waals surface area contributed by atoms with Crippen LogP contribution in [0.2, 0.25) is 0 Å². The maximum atomic E-state index is 9.73. The minimum absolute atomic E-state index is 0.115. The molecule has 3 heterocycles. The Morgan fingerprint density at radius 1 is 1.33 bits per heavy atom. The Balaban J connectivity index is 1.87. The van der Waals surface area contributed by atoms with Gasteiger partial charge in [-0.3, -0.25) is 0 Å². The molecule has 0 saturated carbocycles. The lowest BCUT2D eigenvalue weighted by Gasteiger charge is -2.31. The number of allylic oxidation sites excluding steroid dienone is 3. The van der Waals surface area contributed by atoms with Crippen LogP contribution in [0.4, 0.5) is 0 Å². The Bertz CT molecular complexity index is 628. The molecule has 152 valence electrons. The number of hydrogen-bond donors (Lipinski definition) is 3. The van der Waals surface area contributed by atoms with Crippen LogP contribution in [0, 0.1) is 0 Å².